The average molecular weight is 359 g/mol. The summed E-state index contributed by atoms with van der Waals surface area (Å²) in [4.78, 5) is 19.1. The molecule has 2 heterocycles. The van der Waals surface area contributed by atoms with E-state index in [0.29, 0.717) is 12.1 Å². The number of piperidine rings is 1. The van der Waals surface area contributed by atoms with Gasteiger partial charge in [0.05, 0.1) is 22.8 Å². The quantitative estimate of drug-likeness (QED) is 0.880. The van der Waals surface area contributed by atoms with Gasteiger partial charge < -0.3 is 10.4 Å². The van der Waals surface area contributed by atoms with Crippen LogP contribution in [0.25, 0.3) is 0 Å². The van der Waals surface area contributed by atoms with Crippen molar-refractivity contribution in [3.05, 3.63) is 51.0 Å². The lowest BCUT2D eigenvalue weighted by atomic mass is 10.0. The van der Waals surface area contributed by atoms with Crippen LogP contribution in [-0.2, 0) is 6.54 Å². The second-order valence-corrected chi connectivity index (χ2v) is 7.89. The lowest BCUT2D eigenvalue weighted by molar-refractivity contribution is 0.0346. The van der Waals surface area contributed by atoms with Crippen molar-refractivity contribution in [3.63, 3.8) is 0 Å². The Kier molecular flexibility index (Phi) is 5.51. The summed E-state index contributed by atoms with van der Waals surface area (Å²) in [6.07, 6.45) is 0.171. The third-order valence-corrected chi connectivity index (χ3v) is 5.63. The van der Waals surface area contributed by atoms with Crippen molar-refractivity contribution >= 4 is 17.2 Å². The van der Waals surface area contributed by atoms with Gasteiger partial charge in [-0.1, -0.05) is 6.07 Å². The van der Waals surface area contributed by atoms with E-state index in [2.05, 4.69) is 20.6 Å². The second-order valence-electron chi connectivity index (χ2n) is 6.83. The van der Waals surface area contributed by atoms with E-state index >= 15 is 0 Å². The first-order valence-corrected chi connectivity index (χ1v) is 9.50. The normalized spacial score (nSPS) is 21.3. The van der Waals surface area contributed by atoms with Gasteiger partial charge in [0.1, 0.15) is 0 Å². The number of aliphatic hydroxyl groups excluding tert-OH is 1. The molecule has 0 bridgehead atoms. The highest BCUT2D eigenvalue weighted by Gasteiger charge is 2.29. The number of carbonyl (C=O) groups excluding carboxylic acids is 1. The summed E-state index contributed by atoms with van der Waals surface area (Å²) >= 11 is 1.65. The first-order valence-electron chi connectivity index (χ1n) is 8.62. The molecule has 5 nitrogen and oxygen atoms in total. The number of carbonyl (C=O) groups is 1. The molecule has 0 saturated carbocycles. The van der Waals surface area contributed by atoms with Crippen LogP contribution in [0.1, 0.15) is 38.6 Å². The number of nitrogens with one attached hydrogen (secondary N) is 1. The molecule has 2 N–H and O–H groups in total. The van der Waals surface area contributed by atoms with E-state index in [4.69, 9.17) is 0 Å². The van der Waals surface area contributed by atoms with Crippen LogP contribution in [0.5, 0.6) is 0 Å². The summed E-state index contributed by atoms with van der Waals surface area (Å²) in [6, 6.07) is 5.49. The third kappa shape index (κ3) is 4.45. The van der Waals surface area contributed by atoms with Crippen LogP contribution in [0.4, 0.5) is 0 Å². The Labute approximate surface area is 152 Å². The van der Waals surface area contributed by atoms with Crippen molar-refractivity contribution < 1.29 is 9.90 Å². The number of hydrogen-bond donors (Lipinski definition) is 2. The van der Waals surface area contributed by atoms with Crippen molar-refractivity contribution in [1.82, 2.24) is 15.2 Å². The minimum Gasteiger partial charge on any atom is -0.390 e. The van der Waals surface area contributed by atoms with Crippen molar-refractivity contribution in [2.45, 2.75) is 45.9 Å². The molecular formula is C19H25N3O2S. The number of aliphatic hydroxyl groups is 1. The number of nitrogens with zero attached hydrogens (tertiary/aromatic N) is 2. The van der Waals surface area contributed by atoms with Crippen LogP contribution in [0.2, 0.25) is 0 Å². The summed E-state index contributed by atoms with van der Waals surface area (Å²) < 4.78 is 0. The summed E-state index contributed by atoms with van der Waals surface area (Å²) in [6.45, 7) is 8.16. The van der Waals surface area contributed by atoms with Crippen LogP contribution >= 0.6 is 11.3 Å². The monoisotopic (exact) mass is 359 g/mol. The molecule has 2 atom stereocenters. The molecule has 0 spiro atoms. The van der Waals surface area contributed by atoms with Crippen LogP contribution in [0.3, 0.4) is 0 Å². The number of β-amino-alcohol motifs (C(OH)–C–C–N with tert-alkyl or cyclic N) is 1. The number of thiazole rings is 1. The van der Waals surface area contributed by atoms with Crippen LogP contribution in [0.15, 0.2) is 23.6 Å². The molecule has 134 valence electrons. The Hall–Kier alpha value is -1.76. The Morgan fingerprint density at radius 1 is 1.36 bits per heavy atom. The molecular weight excluding hydrogens is 334 g/mol. The van der Waals surface area contributed by atoms with Crippen molar-refractivity contribution in [3.8, 4) is 0 Å². The zero-order valence-electron chi connectivity index (χ0n) is 15.0. The molecule has 1 aromatic carbocycles. The highest BCUT2D eigenvalue weighted by atomic mass is 32.1. The average Bonchev–Trinajstić information content (AvgIpc) is 2.97. The van der Waals surface area contributed by atoms with E-state index in [-0.39, 0.29) is 11.9 Å². The number of likely N-dealkylation sites (tertiary alicyclic amines) is 1. The number of benzene rings is 1. The smallest absolute Gasteiger partial charge is 0.251 e. The maximum Gasteiger partial charge on any atom is 0.251 e. The SMILES string of the molecule is Cc1nc(CN2CC[C@@H](NC(=O)c3ccc(C)c(C)c3)[C@H](O)C2)cs1. The van der Waals surface area contributed by atoms with E-state index in [1.807, 2.05) is 39.0 Å². The zero-order valence-corrected chi connectivity index (χ0v) is 15.8. The first kappa shape index (κ1) is 18.0. The number of aryl methyl sites for hydroxylation is 3. The maximum absolute atomic E-state index is 12.5. The predicted molar refractivity (Wildman–Crippen MR) is 99.9 cm³/mol. The maximum atomic E-state index is 12.5. The van der Waals surface area contributed by atoms with Gasteiger partial charge in [-0.2, -0.15) is 0 Å². The zero-order chi connectivity index (χ0) is 18.0. The minimum absolute atomic E-state index is 0.115. The number of amides is 1. The second kappa shape index (κ2) is 7.64. The standard InChI is InChI=1S/C19H25N3O2S/c1-12-4-5-15(8-13(12)2)19(24)21-17-6-7-22(10-18(17)23)9-16-11-25-14(3)20-16/h4-5,8,11,17-18,23H,6-7,9-10H2,1-3H3,(H,21,24)/t17-,18-/m1/s1. The number of aromatic nitrogens is 1. The molecule has 1 aliphatic heterocycles. The Balaban J connectivity index is 1.56. The number of rotatable bonds is 4. The van der Waals surface area contributed by atoms with Crippen LogP contribution < -0.4 is 5.32 Å². The van der Waals surface area contributed by atoms with Gasteiger partial charge in [-0.15, -0.1) is 11.3 Å². The molecule has 1 amide bonds. The van der Waals surface area contributed by atoms with E-state index in [0.717, 1.165) is 35.8 Å². The highest BCUT2D eigenvalue weighted by molar-refractivity contribution is 7.09. The van der Waals surface area contributed by atoms with Crippen molar-refractivity contribution in [2.75, 3.05) is 13.1 Å². The van der Waals surface area contributed by atoms with Gasteiger partial charge in [0.2, 0.25) is 0 Å². The summed E-state index contributed by atoms with van der Waals surface area (Å²) in [7, 11) is 0. The van der Waals surface area contributed by atoms with E-state index in [9.17, 15) is 9.90 Å². The van der Waals surface area contributed by atoms with Crippen molar-refractivity contribution in [1.29, 1.82) is 0 Å². The van der Waals surface area contributed by atoms with Gasteiger partial charge in [0, 0.05) is 30.6 Å². The Morgan fingerprint density at radius 3 is 2.80 bits per heavy atom. The van der Waals surface area contributed by atoms with E-state index < -0.39 is 6.10 Å². The molecule has 1 aromatic heterocycles. The molecule has 1 aliphatic rings. The van der Waals surface area contributed by atoms with Gasteiger partial charge in [-0.25, -0.2) is 4.98 Å². The fourth-order valence-corrected chi connectivity index (χ4v) is 3.76. The summed E-state index contributed by atoms with van der Waals surface area (Å²) in [5.74, 6) is -0.115. The molecule has 0 unspecified atom stereocenters. The molecule has 25 heavy (non-hydrogen) atoms. The third-order valence-electron chi connectivity index (χ3n) is 4.80. The fraction of sp³-hybridized carbons (Fsp3) is 0.474. The summed E-state index contributed by atoms with van der Waals surface area (Å²) in [5, 5.41) is 16.6. The molecule has 0 radical (unpaired) electrons. The minimum atomic E-state index is -0.566. The van der Waals surface area contributed by atoms with Crippen LogP contribution in [-0.4, -0.2) is 46.1 Å². The lowest BCUT2D eigenvalue weighted by Gasteiger charge is -2.36. The molecule has 2 aromatic rings. The molecule has 3 rings (SSSR count). The topological polar surface area (TPSA) is 65.5 Å². The Bertz CT molecular complexity index is 759. The van der Waals surface area contributed by atoms with Crippen molar-refractivity contribution in [2.24, 2.45) is 0 Å². The molecule has 0 aliphatic carbocycles. The predicted octanol–water partition coefficient (Wildman–Crippen LogP) is 2.43. The molecule has 1 saturated heterocycles. The van der Waals surface area contributed by atoms with E-state index in [1.54, 1.807) is 11.3 Å². The van der Waals surface area contributed by atoms with Gasteiger partial charge in [-0.05, 0) is 50.5 Å². The number of hydrogen-bond acceptors (Lipinski definition) is 5. The first-order chi connectivity index (χ1) is 11.9. The van der Waals surface area contributed by atoms with Gasteiger partial charge in [0.15, 0.2) is 0 Å². The largest absolute Gasteiger partial charge is 0.390 e. The molecule has 1 fully saturated rings. The highest BCUT2D eigenvalue weighted by Crippen LogP contribution is 2.17. The van der Waals surface area contributed by atoms with Gasteiger partial charge in [0.25, 0.3) is 5.91 Å². The van der Waals surface area contributed by atoms with Crippen LogP contribution in [0, 0.1) is 20.8 Å². The summed E-state index contributed by atoms with van der Waals surface area (Å²) in [5.41, 5.74) is 3.96. The Morgan fingerprint density at radius 2 is 2.16 bits per heavy atom. The fourth-order valence-electron chi connectivity index (χ4n) is 3.15. The van der Waals surface area contributed by atoms with Gasteiger partial charge in [-0.3, -0.25) is 9.69 Å². The van der Waals surface area contributed by atoms with Gasteiger partial charge >= 0.3 is 0 Å². The lowest BCUT2D eigenvalue weighted by Crippen LogP contribution is -2.53. The van der Waals surface area contributed by atoms with E-state index in [1.165, 1.54) is 5.56 Å². The molecule has 6 heteroatoms.